The molecule has 0 amide bonds. The summed E-state index contributed by atoms with van der Waals surface area (Å²) in [4.78, 5) is 0. The molecule has 0 aliphatic heterocycles. The average Bonchev–Trinajstić information content (AvgIpc) is 3.25. The molecule has 0 aromatic heterocycles. The monoisotopic (exact) mass is 265 g/mol. The van der Waals surface area contributed by atoms with E-state index in [9.17, 15) is 0 Å². The van der Waals surface area contributed by atoms with E-state index in [0.717, 1.165) is 23.4 Å². The van der Waals surface area contributed by atoms with Gasteiger partial charge in [-0.25, -0.2) is 0 Å². The zero-order chi connectivity index (χ0) is 12.6. The van der Waals surface area contributed by atoms with Crippen LogP contribution in [0.1, 0.15) is 38.2 Å². The number of hydrogen-bond acceptors (Lipinski definition) is 2. The van der Waals surface area contributed by atoms with Crippen molar-refractivity contribution in [3.63, 3.8) is 0 Å². The maximum Gasteiger partial charge on any atom is 0.137 e. The lowest BCUT2D eigenvalue weighted by Gasteiger charge is -2.18. The maximum absolute atomic E-state index is 6.27. The summed E-state index contributed by atoms with van der Waals surface area (Å²) < 4.78 is 5.49. The normalized spacial score (nSPS) is 20.8. The van der Waals surface area contributed by atoms with Crippen LogP contribution in [0.15, 0.2) is 18.2 Å². The topological polar surface area (TPSA) is 21.3 Å². The summed E-state index contributed by atoms with van der Waals surface area (Å²) in [6.45, 7) is 3.74. The zero-order valence-corrected chi connectivity index (χ0v) is 11.6. The van der Waals surface area contributed by atoms with E-state index in [1.54, 1.807) is 0 Å². The highest BCUT2D eigenvalue weighted by atomic mass is 35.5. The van der Waals surface area contributed by atoms with Gasteiger partial charge in [0, 0.05) is 18.0 Å². The average molecular weight is 266 g/mol. The van der Waals surface area contributed by atoms with Gasteiger partial charge in [0.2, 0.25) is 0 Å². The molecule has 2 aliphatic carbocycles. The molecule has 3 rings (SSSR count). The van der Waals surface area contributed by atoms with Crippen LogP contribution in [0, 0.1) is 0 Å². The number of hydrogen-bond donors (Lipinski definition) is 1. The van der Waals surface area contributed by atoms with Crippen LogP contribution in [-0.4, -0.2) is 19.2 Å². The zero-order valence-electron chi connectivity index (χ0n) is 10.8. The van der Waals surface area contributed by atoms with Gasteiger partial charge >= 0.3 is 0 Å². The molecule has 98 valence electrons. The predicted octanol–water partition coefficient (Wildman–Crippen LogP) is 3.52. The van der Waals surface area contributed by atoms with Crippen molar-refractivity contribution in [1.82, 2.24) is 5.32 Å². The van der Waals surface area contributed by atoms with E-state index in [2.05, 4.69) is 17.4 Å². The lowest BCUT2D eigenvalue weighted by molar-refractivity contribution is 0.340. The molecule has 1 N–H and O–H groups in total. The van der Waals surface area contributed by atoms with E-state index in [0.29, 0.717) is 12.0 Å². The minimum Gasteiger partial charge on any atom is -0.492 e. The third-order valence-corrected chi connectivity index (χ3v) is 4.30. The number of ether oxygens (including phenoxy) is 1. The Labute approximate surface area is 114 Å². The minimum atomic E-state index is 0.344. The second-order valence-corrected chi connectivity index (χ2v) is 5.92. The maximum atomic E-state index is 6.27. The van der Waals surface area contributed by atoms with Crippen molar-refractivity contribution in [2.75, 3.05) is 13.2 Å². The summed E-state index contributed by atoms with van der Waals surface area (Å²) >= 11 is 6.27. The van der Waals surface area contributed by atoms with Gasteiger partial charge in [0.25, 0.3) is 0 Å². The lowest BCUT2D eigenvalue weighted by atomic mass is 9.96. The first-order valence-corrected chi connectivity index (χ1v) is 7.27. The molecule has 2 nitrogen and oxygen atoms in total. The molecule has 0 spiro atoms. The fourth-order valence-electron chi connectivity index (χ4n) is 2.45. The molecule has 2 aliphatic rings. The Bertz CT molecular complexity index is 438. The van der Waals surface area contributed by atoms with E-state index in [1.807, 2.05) is 13.0 Å². The molecule has 1 aromatic carbocycles. The SMILES string of the molecule is CCOc1ccc(C2(CNC3CC3)CC2)cc1Cl. The van der Waals surface area contributed by atoms with Crippen molar-refractivity contribution in [2.24, 2.45) is 0 Å². The molecular formula is C15H20ClNO. The van der Waals surface area contributed by atoms with E-state index >= 15 is 0 Å². The van der Waals surface area contributed by atoms with Crippen LogP contribution in [0.3, 0.4) is 0 Å². The van der Waals surface area contributed by atoms with Crippen molar-refractivity contribution < 1.29 is 4.74 Å². The molecule has 0 radical (unpaired) electrons. The molecule has 0 bridgehead atoms. The summed E-state index contributed by atoms with van der Waals surface area (Å²) in [6, 6.07) is 7.06. The Morgan fingerprint density at radius 3 is 2.72 bits per heavy atom. The summed E-state index contributed by atoms with van der Waals surface area (Å²) in [5.74, 6) is 0.800. The van der Waals surface area contributed by atoms with Crippen molar-refractivity contribution >= 4 is 11.6 Å². The number of benzene rings is 1. The van der Waals surface area contributed by atoms with Gasteiger partial charge in [-0.15, -0.1) is 0 Å². The van der Waals surface area contributed by atoms with Gasteiger partial charge < -0.3 is 10.1 Å². The second-order valence-electron chi connectivity index (χ2n) is 5.51. The van der Waals surface area contributed by atoms with E-state index in [1.165, 1.54) is 31.2 Å². The highest BCUT2D eigenvalue weighted by Gasteiger charge is 2.45. The van der Waals surface area contributed by atoms with Crippen LogP contribution < -0.4 is 10.1 Å². The third kappa shape index (κ3) is 2.50. The first-order chi connectivity index (χ1) is 8.73. The molecule has 0 saturated heterocycles. The first kappa shape index (κ1) is 12.3. The van der Waals surface area contributed by atoms with Crippen LogP contribution in [0.4, 0.5) is 0 Å². The molecule has 2 fully saturated rings. The minimum absolute atomic E-state index is 0.344. The molecule has 0 heterocycles. The van der Waals surface area contributed by atoms with Crippen molar-refractivity contribution in [3.05, 3.63) is 28.8 Å². The van der Waals surface area contributed by atoms with Crippen LogP contribution in [0.25, 0.3) is 0 Å². The molecule has 0 unspecified atom stereocenters. The van der Waals surface area contributed by atoms with Crippen LogP contribution in [0.5, 0.6) is 5.75 Å². The number of rotatable bonds is 6. The van der Waals surface area contributed by atoms with Gasteiger partial charge in [-0.1, -0.05) is 17.7 Å². The van der Waals surface area contributed by atoms with E-state index in [-0.39, 0.29) is 0 Å². The van der Waals surface area contributed by atoms with Gasteiger partial charge in [0.1, 0.15) is 5.75 Å². The van der Waals surface area contributed by atoms with Gasteiger partial charge in [-0.2, -0.15) is 0 Å². The highest BCUT2D eigenvalue weighted by Crippen LogP contribution is 2.49. The quantitative estimate of drug-likeness (QED) is 0.850. The number of nitrogens with one attached hydrogen (secondary N) is 1. The molecule has 1 aromatic rings. The predicted molar refractivity (Wildman–Crippen MR) is 74.6 cm³/mol. The molecular weight excluding hydrogens is 246 g/mol. The van der Waals surface area contributed by atoms with Gasteiger partial charge in [-0.3, -0.25) is 0 Å². The fraction of sp³-hybridized carbons (Fsp3) is 0.600. The molecule has 2 saturated carbocycles. The van der Waals surface area contributed by atoms with Crippen molar-refractivity contribution in [3.8, 4) is 5.75 Å². The molecule has 0 atom stereocenters. The van der Waals surface area contributed by atoms with Crippen molar-refractivity contribution in [1.29, 1.82) is 0 Å². The smallest absolute Gasteiger partial charge is 0.137 e. The Morgan fingerprint density at radius 2 is 2.17 bits per heavy atom. The van der Waals surface area contributed by atoms with E-state index < -0.39 is 0 Å². The summed E-state index contributed by atoms with van der Waals surface area (Å²) in [5, 5.41) is 4.39. The van der Waals surface area contributed by atoms with E-state index in [4.69, 9.17) is 16.3 Å². The Balaban J connectivity index is 1.72. The van der Waals surface area contributed by atoms with Crippen LogP contribution in [0.2, 0.25) is 5.02 Å². The molecule has 3 heteroatoms. The Hall–Kier alpha value is -0.730. The summed E-state index contributed by atoms with van der Waals surface area (Å²) in [6.07, 6.45) is 5.24. The van der Waals surface area contributed by atoms with Crippen LogP contribution >= 0.6 is 11.6 Å². The largest absolute Gasteiger partial charge is 0.492 e. The third-order valence-electron chi connectivity index (χ3n) is 4.00. The van der Waals surface area contributed by atoms with Gasteiger partial charge in [0.15, 0.2) is 0 Å². The fourth-order valence-corrected chi connectivity index (χ4v) is 2.68. The first-order valence-electron chi connectivity index (χ1n) is 6.90. The highest BCUT2D eigenvalue weighted by molar-refractivity contribution is 6.32. The van der Waals surface area contributed by atoms with Gasteiger partial charge in [0.05, 0.1) is 11.6 Å². The summed E-state index contributed by atoms with van der Waals surface area (Å²) in [5.41, 5.74) is 1.71. The second kappa shape index (κ2) is 4.75. The van der Waals surface area contributed by atoms with Crippen molar-refractivity contribution in [2.45, 2.75) is 44.1 Å². The lowest BCUT2D eigenvalue weighted by Crippen LogP contribution is -2.28. The van der Waals surface area contributed by atoms with Gasteiger partial charge in [-0.05, 0) is 50.3 Å². The van der Waals surface area contributed by atoms with Crippen LogP contribution in [-0.2, 0) is 5.41 Å². The Kier molecular flexibility index (Phi) is 3.25. The Morgan fingerprint density at radius 1 is 1.39 bits per heavy atom. The number of halogens is 1. The standard InChI is InChI=1S/C15H20ClNO/c1-2-18-14-6-3-11(9-13(14)16)15(7-8-15)10-17-12-4-5-12/h3,6,9,12,17H,2,4-5,7-8,10H2,1H3. The molecule has 18 heavy (non-hydrogen) atoms. The summed E-state index contributed by atoms with van der Waals surface area (Å²) in [7, 11) is 0.